The molecule has 4 rings (SSSR count). The Morgan fingerprint density at radius 1 is 1.00 bits per heavy atom. The fourth-order valence-electron chi connectivity index (χ4n) is 4.29. The average Bonchev–Trinajstić information content (AvgIpc) is 3.14. The van der Waals surface area contributed by atoms with Crippen molar-refractivity contribution >= 4 is 17.4 Å². The normalized spacial score (nSPS) is 16.9. The summed E-state index contributed by atoms with van der Waals surface area (Å²) in [4.78, 5) is 32.1. The van der Waals surface area contributed by atoms with Gasteiger partial charge in [-0.3, -0.25) is 14.6 Å². The number of ether oxygens (including phenoxy) is 2. The highest BCUT2D eigenvalue weighted by atomic mass is 16.5. The first kappa shape index (κ1) is 25.9. The standard InChI is InChI=1S/C30H32N2O5/c1-4-36-24-10-8-22(9-11-24)28(33)26-27(23-6-5-7-25(18-23)37-17-14-20(2)3)32(30(35)29(26)34)19-21-12-15-31-16-13-21/h5-13,15-16,18,20,27,33H,4,14,17,19H2,1-3H3. The van der Waals surface area contributed by atoms with Crippen LogP contribution in [0.4, 0.5) is 0 Å². The minimum absolute atomic E-state index is 0.0440. The van der Waals surface area contributed by atoms with Crippen LogP contribution in [0.15, 0.2) is 78.6 Å². The van der Waals surface area contributed by atoms with Crippen LogP contribution in [0.2, 0.25) is 0 Å². The molecule has 192 valence electrons. The van der Waals surface area contributed by atoms with Gasteiger partial charge in [0.25, 0.3) is 11.7 Å². The van der Waals surface area contributed by atoms with E-state index in [9.17, 15) is 14.7 Å². The number of aliphatic hydroxyl groups excluding tert-OH is 1. The van der Waals surface area contributed by atoms with Crippen LogP contribution in [-0.2, 0) is 16.1 Å². The average molecular weight is 501 g/mol. The van der Waals surface area contributed by atoms with E-state index >= 15 is 0 Å². The number of benzene rings is 2. The Morgan fingerprint density at radius 3 is 2.41 bits per heavy atom. The predicted octanol–water partition coefficient (Wildman–Crippen LogP) is 5.53. The van der Waals surface area contributed by atoms with Gasteiger partial charge in [-0.05, 0) is 78.9 Å². The van der Waals surface area contributed by atoms with Crippen molar-refractivity contribution in [3.8, 4) is 11.5 Å². The summed E-state index contributed by atoms with van der Waals surface area (Å²) in [5.74, 6) is 0.185. The van der Waals surface area contributed by atoms with Crippen LogP contribution >= 0.6 is 0 Å². The van der Waals surface area contributed by atoms with Gasteiger partial charge in [-0.25, -0.2) is 0 Å². The Morgan fingerprint density at radius 2 is 1.73 bits per heavy atom. The summed E-state index contributed by atoms with van der Waals surface area (Å²) in [6.07, 6.45) is 4.19. The van der Waals surface area contributed by atoms with Crippen molar-refractivity contribution in [1.82, 2.24) is 9.88 Å². The quantitative estimate of drug-likeness (QED) is 0.224. The smallest absolute Gasteiger partial charge is 0.295 e. The molecule has 1 atom stereocenters. The van der Waals surface area contributed by atoms with Gasteiger partial charge in [0.2, 0.25) is 0 Å². The molecule has 1 amide bonds. The number of nitrogens with zero attached hydrogens (tertiary/aromatic N) is 2. The highest BCUT2D eigenvalue weighted by Gasteiger charge is 2.46. The van der Waals surface area contributed by atoms with Crippen LogP contribution < -0.4 is 9.47 Å². The number of aliphatic hydroxyl groups is 1. The molecule has 7 heteroatoms. The molecule has 1 unspecified atom stereocenters. The predicted molar refractivity (Wildman–Crippen MR) is 141 cm³/mol. The molecule has 0 spiro atoms. The number of rotatable bonds is 10. The minimum Gasteiger partial charge on any atom is -0.507 e. The van der Waals surface area contributed by atoms with E-state index in [2.05, 4.69) is 18.8 Å². The molecular weight excluding hydrogens is 468 g/mol. The van der Waals surface area contributed by atoms with Crippen LogP contribution in [0, 0.1) is 5.92 Å². The highest BCUT2D eigenvalue weighted by molar-refractivity contribution is 6.46. The maximum absolute atomic E-state index is 13.3. The van der Waals surface area contributed by atoms with Crippen molar-refractivity contribution in [1.29, 1.82) is 0 Å². The summed E-state index contributed by atoms with van der Waals surface area (Å²) in [6.45, 7) is 7.42. The van der Waals surface area contributed by atoms with E-state index in [1.807, 2.05) is 31.2 Å². The monoisotopic (exact) mass is 500 g/mol. The summed E-state index contributed by atoms with van der Waals surface area (Å²) in [5.41, 5.74) is 1.98. The van der Waals surface area contributed by atoms with E-state index in [1.165, 1.54) is 4.90 Å². The second kappa shape index (κ2) is 11.7. The molecule has 1 aliphatic heterocycles. The highest BCUT2D eigenvalue weighted by Crippen LogP contribution is 2.41. The van der Waals surface area contributed by atoms with E-state index in [-0.39, 0.29) is 17.9 Å². The third kappa shape index (κ3) is 6.00. The SMILES string of the molecule is CCOc1ccc(C(O)=C2C(=O)C(=O)N(Cc3ccncc3)C2c2cccc(OCCC(C)C)c2)cc1. The van der Waals surface area contributed by atoms with Crippen LogP contribution in [0.1, 0.15) is 49.9 Å². The van der Waals surface area contributed by atoms with E-state index in [4.69, 9.17) is 9.47 Å². The molecular formula is C30H32N2O5. The Balaban J connectivity index is 1.77. The molecule has 1 N–H and O–H groups in total. The van der Waals surface area contributed by atoms with Crippen molar-refractivity contribution in [3.05, 3.63) is 95.3 Å². The molecule has 0 saturated carbocycles. The lowest BCUT2D eigenvalue weighted by Crippen LogP contribution is -2.29. The number of Topliss-reactive ketones (excluding diaryl/α,β-unsaturated/α-hetero) is 1. The summed E-state index contributed by atoms with van der Waals surface area (Å²) >= 11 is 0. The summed E-state index contributed by atoms with van der Waals surface area (Å²) < 4.78 is 11.4. The van der Waals surface area contributed by atoms with Gasteiger partial charge in [0.1, 0.15) is 17.3 Å². The third-order valence-electron chi connectivity index (χ3n) is 6.22. The molecule has 3 aromatic rings. The van der Waals surface area contributed by atoms with Gasteiger partial charge in [-0.2, -0.15) is 0 Å². The van der Waals surface area contributed by atoms with Gasteiger partial charge in [0, 0.05) is 24.5 Å². The summed E-state index contributed by atoms with van der Waals surface area (Å²) in [7, 11) is 0. The van der Waals surface area contributed by atoms with Gasteiger partial charge in [-0.1, -0.05) is 26.0 Å². The minimum atomic E-state index is -0.784. The van der Waals surface area contributed by atoms with E-state index in [0.29, 0.717) is 41.8 Å². The number of carbonyl (C=O) groups is 2. The zero-order chi connectivity index (χ0) is 26.4. The number of hydrogen-bond acceptors (Lipinski definition) is 6. The number of ketones is 1. The molecule has 1 saturated heterocycles. The van der Waals surface area contributed by atoms with Crippen molar-refractivity contribution in [2.24, 2.45) is 5.92 Å². The number of hydrogen-bond donors (Lipinski definition) is 1. The summed E-state index contributed by atoms with van der Waals surface area (Å²) in [6, 6.07) is 17.0. The Labute approximate surface area is 217 Å². The van der Waals surface area contributed by atoms with Crippen molar-refractivity contribution < 1.29 is 24.2 Å². The van der Waals surface area contributed by atoms with E-state index in [1.54, 1.807) is 48.8 Å². The lowest BCUT2D eigenvalue weighted by molar-refractivity contribution is -0.140. The first-order valence-corrected chi connectivity index (χ1v) is 12.5. The number of likely N-dealkylation sites (tertiary alicyclic amines) is 1. The molecule has 1 aliphatic rings. The third-order valence-corrected chi connectivity index (χ3v) is 6.22. The zero-order valence-corrected chi connectivity index (χ0v) is 21.4. The van der Waals surface area contributed by atoms with Gasteiger partial charge in [0.15, 0.2) is 0 Å². The largest absolute Gasteiger partial charge is 0.507 e. The fourth-order valence-corrected chi connectivity index (χ4v) is 4.29. The zero-order valence-electron chi connectivity index (χ0n) is 21.4. The molecule has 0 bridgehead atoms. The molecule has 0 aliphatic carbocycles. The van der Waals surface area contributed by atoms with E-state index < -0.39 is 17.7 Å². The first-order valence-electron chi connectivity index (χ1n) is 12.5. The van der Waals surface area contributed by atoms with Gasteiger partial charge < -0.3 is 19.5 Å². The molecule has 1 fully saturated rings. The molecule has 1 aromatic heterocycles. The number of pyridine rings is 1. The Hall–Kier alpha value is -4.13. The van der Waals surface area contributed by atoms with Crippen molar-refractivity contribution in [3.63, 3.8) is 0 Å². The number of carbonyl (C=O) groups excluding carboxylic acids is 2. The van der Waals surface area contributed by atoms with Crippen LogP contribution in [0.3, 0.4) is 0 Å². The van der Waals surface area contributed by atoms with Crippen molar-refractivity contribution in [2.45, 2.75) is 39.8 Å². The number of aromatic nitrogens is 1. The maximum Gasteiger partial charge on any atom is 0.295 e. The van der Waals surface area contributed by atoms with Crippen LogP contribution in [0.5, 0.6) is 11.5 Å². The number of amides is 1. The van der Waals surface area contributed by atoms with Gasteiger partial charge in [0.05, 0.1) is 24.8 Å². The molecule has 37 heavy (non-hydrogen) atoms. The molecule has 7 nitrogen and oxygen atoms in total. The Bertz CT molecular complexity index is 1270. The first-order chi connectivity index (χ1) is 17.9. The lowest BCUT2D eigenvalue weighted by atomic mass is 9.95. The fraction of sp³-hybridized carbons (Fsp3) is 0.300. The lowest BCUT2D eigenvalue weighted by Gasteiger charge is -2.26. The van der Waals surface area contributed by atoms with E-state index in [0.717, 1.165) is 12.0 Å². The second-order valence-electron chi connectivity index (χ2n) is 9.34. The van der Waals surface area contributed by atoms with Crippen molar-refractivity contribution in [2.75, 3.05) is 13.2 Å². The van der Waals surface area contributed by atoms with Crippen LogP contribution in [-0.4, -0.2) is 39.9 Å². The summed E-state index contributed by atoms with van der Waals surface area (Å²) in [5, 5.41) is 11.3. The molecule has 2 aromatic carbocycles. The maximum atomic E-state index is 13.3. The Kier molecular flexibility index (Phi) is 8.23. The van der Waals surface area contributed by atoms with Gasteiger partial charge >= 0.3 is 0 Å². The van der Waals surface area contributed by atoms with Crippen LogP contribution in [0.25, 0.3) is 5.76 Å². The second-order valence-corrected chi connectivity index (χ2v) is 9.34. The topological polar surface area (TPSA) is 89.0 Å². The molecule has 0 radical (unpaired) electrons. The van der Waals surface area contributed by atoms with Gasteiger partial charge in [-0.15, -0.1) is 0 Å². The molecule has 2 heterocycles.